The van der Waals surface area contributed by atoms with Gasteiger partial charge in [-0.25, -0.2) is 0 Å². The third kappa shape index (κ3) is 8.40. The van der Waals surface area contributed by atoms with Crippen molar-refractivity contribution in [2.45, 2.75) is 65.2 Å². The highest BCUT2D eigenvalue weighted by molar-refractivity contribution is 5.94. The molecule has 64 heavy (non-hydrogen) atoms. The Morgan fingerprint density at radius 1 is 0.438 bits per heavy atom. The first-order valence-electron chi connectivity index (χ1n) is 23.0. The number of nitrogens with zero attached hydrogens (tertiary/aromatic N) is 3. The van der Waals surface area contributed by atoms with Crippen molar-refractivity contribution in [3.8, 4) is 6.07 Å². The first-order chi connectivity index (χ1) is 31.5. The average molecular weight is 828 g/mol. The van der Waals surface area contributed by atoms with Crippen molar-refractivity contribution in [3.05, 3.63) is 225 Å². The van der Waals surface area contributed by atoms with Gasteiger partial charge in [-0.1, -0.05) is 132 Å². The van der Waals surface area contributed by atoms with E-state index in [2.05, 4.69) is 218 Å². The van der Waals surface area contributed by atoms with Gasteiger partial charge in [0.25, 0.3) is 0 Å². The standard InChI is InChI=1S/C61H53N3/c1-43-17-32-52(33-18-43)63(60-15-7-11-48-9-3-5-13-57(48)60)54-36-24-45(25-37-54)21-22-47-28-40-56-51(41-47)31-30-50(59(56)42-62)29-23-46-26-38-55(39-27-46)64(53-34-19-44(2)20-35-53)61-16-8-12-49-10-4-6-14-58(49)61/h7-8,11-12,15-41H,3-6,9-10,13-14H2,1-2H3. The second kappa shape index (κ2) is 18.1. The fourth-order valence-electron chi connectivity index (χ4n) is 9.76. The predicted molar refractivity (Wildman–Crippen MR) is 272 cm³/mol. The van der Waals surface area contributed by atoms with Gasteiger partial charge in [0.15, 0.2) is 0 Å². The van der Waals surface area contributed by atoms with E-state index in [1.54, 1.807) is 0 Å². The van der Waals surface area contributed by atoms with Crippen LogP contribution in [0.15, 0.2) is 164 Å². The van der Waals surface area contributed by atoms with E-state index < -0.39 is 0 Å². The minimum atomic E-state index is 0.689. The molecule has 0 bridgehead atoms. The van der Waals surface area contributed by atoms with Crippen LogP contribution in [0.1, 0.15) is 86.9 Å². The van der Waals surface area contributed by atoms with Gasteiger partial charge in [-0.2, -0.15) is 5.26 Å². The second-order valence-electron chi connectivity index (χ2n) is 17.6. The van der Waals surface area contributed by atoms with Crippen LogP contribution < -0.4 is 9.80 Å². The van der Waals surface area contributed by atoms with Crippen LogP contribution in [0.2, 0.25) is 0 Å². The van der Waals surface area contributed by atoms with Gasteiger partial charge in [0.1, 0.15) is 6.07 Å². The Morgan fingerprint density at radius 2 is 0.875 bits per heavy atom. The van der Waals surface area contributed by atoms with Crippen LogP contribution in [-0.2, 0) is 25.7 Å². The molecule has 8 aromatic rings. The molecule has 0 fully saturated rings. The zero-order valence-electron chi connectivity index (χ0n) is 36.9. The largest absolute Gasteiger partial charge is 0.310 e. The lowest BCUT2D eigenvalue weighted by atomic mass is 9.90. The fraction of sp³-hybridized carbons (Fsp3) is 0.164. The molecule has 0 heterocycles. The summed E-state index contributed by atoms with van der Waals surface area (Å²) in [4.78, 5) is 4.83. The van der Waals surface area contributed by atoms with Crippen LogP contribution in [-0.4, -0.2) is 0 Å². The molecule has 0 amide bonds. The smallest absolute Gasteiger partial charge is 0.100 e. The number of hydrogen-bond acceptors (Lipinski definition) is 3. The number of anilines is 6. The van der Waals surface area contributed by atoms with Crippen molar-refractivity contribution < 1.29 is 0 Å². The molecule has 0 atom stereocenters. The van der Waals surface area contributed by atoms with Crippen molar-refractivity contribution >= 4 is 69.2 Å². The molecule has 0 saturated carbocycles. The minimum absolute atomic E-state index is 0.689. The summed E-state index contributed by atoms with van der Waals surface area (Å²) in [5, 5.41) is 12.4. The lowest BCUT2D eigenvalue weighted by Crippen LogP contribution is -2.15. The van der Waals surface area contributed by atoms with Gasteiger partial charge in [-0.15, -0.1) is 0 Å². The monoisotopic (exact) mass is 827 g/mol. The van der Waals surface area contributed by atoms with E-state index in [1.165, 1.54) is 76.1 Å². The van der Waals surface area contributed by atoms with Gasteiger partial charge in [-0.3, -0.25) is 0 Å². The number of rotatable bonds is 10. The summed E-state index contributed by atoms with van der Waals surface area (Å²) < 4.78 is 0. The van der Waals surface area contributed by atoms with Crippen LogP contribution in [0.5, 0.6) is 0 Å². The average Bonchev–Trinajstić information content (AvgIpc) is 3.34. The van der Waals surface area contributed by atoms with E-state index in [4.69, 9.17) is 0 Å². The first kappa shape index (κ1) is 40.6. The summed E-state index contributed by atoms with van der Waals surface area (Å²) in [7, 11) is 0. The van der Waals surface area contributed by atoms with Crippen LogP contribution >= 0.6 is 0 Å². The predicted octanol–water partition coefficient (Wildman–Crippen LogP) is 16.4. The maximum absolute atomic E-state index is 10.4. The molecule has 3 heteroatoms. The lowest BCUT2D eigenvalue weighted by molar-refractivity contribution is 0.686. The summed E-state index contributed by atoms with van der Waals surface area (Å²) >= 11 is 0. The van der Waals surface area contributed by atoms with Gasteiger partial charge in [-0.05, 0) is 182 Å². The molecule has 8 aromatic carbocycles. The van der Waals surface area contributed by atoms with Crippen LogP contribution in [0.3, 0.4) is 0 Å². The molecule has 2 aliphatic carbocycles. The number of nitriles is 1. The van der Waals surface area contributed by atoms with E-state index in [0.717, 1.165) is 75.8 Å². The Morgan fingerprint density at radius 3 is 1.38 bits per heavy atom. The fourth-order valence-corrected chi connectivity index (χ4v) is 9.76. The zero-order valence-corrected chi connectivity index (χ0v) is 36.9. The maximum Gasteiger partial charge on any atom is 0.100 e. The number of hydrogen-bond donors (Lipinski definition) is 0. The van der Waals surface area contributed by atoms with Gasteiger partial charge < -0.3 is 9.80 Å². The van der Waals surface area contributed by atoms with Gasteiger partial charge in [0.2, 0.25) is 0 Å². The summed E-state index contributed by atoms with van der Waals surface area (Å²) in [6.45, 7) is 4.28. The molecule has 0 aliphatic heterocycles. The molecule has 0 radical (unpaired) electrons. The molecule has 10 rings (SSSR count). The Balaban J connectivity index is 0.874. The van der Waals surface area contributed by atoms with Crippen LogP contribution in [0.25, 0.3) is 35.1 Å². The molecule has 0 unspecified atom stereocenters. The molecule has 2 aliphatic rings. The molecule has 312 valence electrons. The molecule has 0 saturated heterocycles. The molecular formula is C61H53N3. The molecule has 0 N–H and O–H groups in total. The summed E-state index contributed by atoms with van der Waals surface area (Å²) in [5.41, 5.74) is 20.5. The van der Waals surface area contributed by atoms with Crippen LogP contribution in [0, 0.1) is 25.2 Å². The normalized spacial score (nSPS) is 13.5. The lowest BCUT2D eigenvalue weighted by Gasteiger charge is -2.30. The molecule has 0 aromatic heterocycles. The quantitative estimate of drug-likeness (QED) is 0.129. The van der Waals surface area contributed by atoms with Crippen molar-refractivity contribution in [1.29, 1.82) is 5.26 Å². The van der Waals surface area contributed by atoms with E-state index in [9.17, 15) is 5.26 Å². The van der Waals surface area contributed by atoms with Gasteiger partial charge >= 0.3 is 0 Å². The highest BCUT2D eigenvalue weighted by Crippen LogP contribution is 2.42. The van der Waals surface area contributed by atoms with E-state index in [-0.39, 0.29) is 0 Å². The summed E-state index contributed by atoms with van der Waals surface area (Å²) in [6, 6.07) is 62.1. The van der Waals surface area contributed by atoms with Crippen molar-refractivity contribution in [1.82, 2.24) is 0 Å². The molecular weight excluding hydrogens is 775 g/mol. The minimum Gasteiger partial charge on any atom is -0.310 e. The Bertz CT molecular complexity index is 3060. The SMILES string of the molecule is Cc1ccc(N(c2ccc(C=Cc3ccc4c(C#N)c(C=Cc5ccc(N(c6ccc(C)cc6)c6cccc7c6CCCC7)cc5)ccc4c3)cc2)c2cccc3c2CCCC3)cc1. The van der Waals surface area contributed by atoms with Crippen molar-refractivity contribution in [2.75, 3.05) is 9.80 Å². The second-order valence-corrected chi connectivity index (χ2v) is 17.6. The summed E-state index contributed by atoms with van der Waals surface area (Å²) in [6.07, 6.45) is 18.0. The zero-order chi connectivity index (χ0) is 43.4. The molecule has 0 spiro atoms. The first-order valence-corrected chi connectivity index (χ1v) is 23.0. The van der Waals surface area contributed by atoms with E-state index >= 15 is 0 Å². The third-order valence-electron chi connectivity index (χ3n) is 13.2. The highest BCUT2D eigenvalue weighted by atomic mass is 15.1. The van der Waals surface area contributed by atoms with E-state index in [1.807, 2.05) is 0 Å². The Kier molecular flexibility index (Phi) is 11.5. The van der Waals surface area contributed by atoms with E-state index in [0.29, 0.717) is 5.56 Å². The van der Waals surface area contributed by atoms with Crippen molar-refractivity contribution in [2.24, 2.45) is 0 Å². The highest BCUT2D eigenvalue weighted by Gasteiger charge is 2.22. The van der Waals surface area contributed by atoms with Crippen LogP contribution in [0.4, 0.5) is 34.1 Å². The Hall–Kier alpha value is -7.41. The number of aryl methyl sites for hydroxylation is 4. The summed E-state index contributed by atoms with van der Waals surface area (Å²) in [5.74, 6) is 0. The van der Waals surface area contributed by atoms with Crippen molar-refractivity contribution in [3.63, 3.8) is 0 Å². The topological polar surface area (TPSA) is 30.3 Å². The number of benzene rings is 8. The van der Waals surface area contributed by atoms with Gasteiger partial charge in [0, 0.05) is 39.5 Å². The maximum atomic E-state index is 10.4. The molecule has 3 nitrogen and oxygen atoms in total. The third-order valence-corrected chi connectivity index (χ3v) is 13.2. The number of fused-ring (bicyclic) bond motifs is 3. The van der Waals surface area contributed by atoms with Gasteiger partial charge in [0.05, 0.1) is 5.56 Å². The Labute approximate surface area is 378 Å².